The summed E-state index contributed by atoms with van der Waals surface area (Å²) in [7, 11) is 1.79. The van der Waals surface area contributed by atoms with E-state index in [0.717, 1.165) is 11.1 Å². The van der Waals surface area contributed by atoms with E-state index < -0.39 is 0 Å². The van der Waals surface area contributed by atoms with Gasteiger partial charge in [0, 0.05) is 24.2 Å². The van der Waals surface area contributed by atoms with Crippen LogP contribution in [0.25, 0.3) is 11.5 Å². The van der Waals surface area contributed by atoms with Crippen LogP contribution >= 0.6 is 34.7 Å². The highest BCUT2D eigenvalue weighted by molar-refractivity contribution is 7.99. The number of carbonyl (C=O) groups is 1. The molecule has 0 saturated carbocycles. The number of rotatable bonds is 6. The number of aromatic nitrogens is 2. The number of thioether (sulfide) groups is 1. The number of halogens is 1. The lowest BCUT2D eigenvalue weighted by atomic mass is 10.2. The minimum absolute atomic E-state index is 0.0115. The fourth-order valence-electron chi connectivity index (χ4n) is 1.96. The van der Waals surface area contributed by atoms with Crippen molar-refractivity contribution in [3.8, 4) is 11.5 Å². The first-order chi connectivity index (χ1) is 11.6. The first kappa shape index (κ1) is 17.0. The molecule has 1 aromatic carbocycles. The van der Waals surface area contributed by atoms with Crippen LogP contribution in [0, 0.1) is 0 Å². The maximum absolute atomic E-state index is 12.2. The van der Waals surface area contributed by atoms with Gasteiger partial charge in [0.05, 0.1) is 5.75 Å². The van der Waals surface area contributed by atoms with E-state index in [1.807, 2.05) is 29.0 Å². The Morgan fingerprint density at radius 1 is 1.29 bits per heavy atom. The number of carbonyl (C=O) groups excluding carboxylic acids is 1. The standard InChI is InChI=1S/C16H14ClN3O2S2/c1-20(8-11-6-7-23-9-11)14(21)10-24-16-19-18-15(22-16)12-2-4-13(17)5-3-12/h2-7,9H,8,10H2,1H3. The first-order valence-electron chi connectivity index (χ1n) is 7.09. The molecule has 1 amide bonds. The Bertz CT molecular complexity index is 803. The summed E-state index contributed by atoms with van der Waals surface area (Å²) < 4.78 is 5.57. The summed E-state index contributed by atoms with van der Waals surface area (Å²) in [5.74, 6) is 0.675. The zero-order valence-electron chi connectivity index (χ0n) is 12.8. The van der Waals surface area contributed by atoms with E-state index in [-0.39, 0.29) is 11.7 Å². The van der Waals surface area contributed by atoms with E-state index >= 15 is 0 Å². The van der Waals surface area contributed by atoms with Crippen LogP contribution in [0.1, 0.15) is 5.56 Å². The van der Waals surface area contributed by atoms with Crippen LogP contribution in [-0.2, 0) is 11.3 Å². The molecule has 0 bridgehead atoms. The van der Waals surface area contributed by atoms with Crippen LogP contribution in [0.15, 0.2) is 50.7 Å². The number of nitrogens with zero attached hydrogens (tertiary/aromatic N) is 3. The van der Waals surface area contributed by atoms with Crippen LogP contribution in [0.2, 0.25) is 5.02 Å². The molecule has 8 heteroatoms. The third-order valence-corrected chi connectivity index (χ3v) is 5.03. The van der Waals surface area contributed by atoms with Crippen molar-refractivity contribution in [2.75, 3.05) is 12.8 Å². The van der Waals surface area contributed by atoms with E-state index in [1.165, 1.54) is 11.8 Å². The Labute approximate surface area is 152 Å². The molecule has 0 aliphatic heterocycles. The van der Waals surface area contributed by atoms with Crippen LogP contribution in [0.4, 0.5) is 0 Å². The highest BCUT2D eigenvalue weighted by atomic mass is 35.5. The number of benzene rings is 1. The van der Waals surface area contributed by atoms with Crippen LogP contribution in [0.3, 0.4) is 0 Å². The van der Waals surface area contributed by atoms with Crippen molar-refractivity contribution in [2.45, 2.75) is 11.8 Å². The molecule has 3 rings (SSSR count). The molecule has 0 N–H and O–H groups in total. The lowest BCUT2D eigenvalue weighted by Gasteiger charge is -2.15. The van der Waals surface area contributed by atoms with Gasteiger partial charge in [-0.1, -0.05) is 23.4 Å². The molecule has 124 valence electrons. The van der Waals surface area contributed by atoms with E-state index in [2.05, 4.69) is 10.2 Å². The molecule has 24 heavy (non-hydrogen) atoms. The smallest absolute Gasteiger partial charge is 0.277 e. The molecule has 0 fully saturated rings. The van der Waals surface area contributed by atoms with Gasteiger partial charge in [-0.25, -0.2) is 0 Å². The molecule has 0 aliphatic rings. The summed E-state index contributed by atoms with van der Waals surface area (Å²) in [5, 5.41) is 13.0. The highest BCUT2D eigenvalue weighted by Crippen LogP contribution is 2.24. The number of thiophene rings is 1. The van der Waals surface area contributed by atoms with E-state index in [9.17, 15) is 4.79 Å². The molecule has 2 heterocycles. The number of amides is 1. The molecule has 0 aliphatic carbocycles. The summed E-state index contributed by atoms with van der Waals surface area (Å²) in [6.45, 7) is 0.600. The molecule has 0 radical (unpaired) electrons. The summed E-state index contributed by atoms with van der Waals surface area (Å²) >= 11 is 8.71. The third-order valence-electron chi connectivity index (χ3n) is 3.24. The van der Waals surface area contributed by atoms with Gasteiger partial charge in [-0.15, -0.1) is 10.2 Å². The Hall–Kier alpha value is -1.83. The van der Waals surface area contributed by atoms with Crippen molar-refractivity contribution in [1.29, 1.82) is 0 Å². The number of hydrogen-bond donors (Lipinski definition) is 0. The van der Waals surface area contributed by atoms with Crippen LogP contribution in [0.5, 0.6) is 0 Å². The van der Waals surface area contributed by atoms with Gasteiger partial charge in [0.1, 0.15) is 0 Å². The van der Waals surface area contributed by atoms with Crippen molar-refractivity contribution in [3.05, 3.63) is 51.7 Å². The van der Waals surface area contributed by atoms with Gasteiger partial charge in [-0.05, 0) is 46.7 Å². The molecular formula is C16H14ClN3O2S2. The second kappa shape index (κ2) is 7.83. The quantitative estimate of drug-likeness (QED) is 0.600. The minimum Gasteiger partial charge on any atom is -0.411 e. The molecule has 2 aromatic heterocycles. The maximum Gasteiger partial charge on any atom is 0.277 e. The lowest BCUT2D eigenvalue weighted by molar-refractivity contribution is -0.127. The maximum atomic E-state index is 12.2. The van der Waals surface area contributed by atoms with Crippen molar-refractivity contribution in [3.63, 3.8) is 0 Å². The van der Waals surface area contributed by atoms with Gasteiger partial charge in [-0.2, -0.15) is 11.3 Å². The predicted molar refractivity (Wildman–Crippen MR) is 96.3 cm³/mol. The molecule has 0 saturated heterocycles. The Kier molecular flexibility index (Phi) is 5.55. The summed E-state index contributed by atoms with van der Waals surface area (Å²) in [4.78, 5) is 13.8. The van der Waals surface area contributed by atoms with E-state index in [4.69, 9.17) is 16.0 Å². The summed E-state index contributed by atoms with van der Waals surface area (Å²) in [5.41, 5.74) is 1.92. The molecule has 3 aromatic rings. The molecule has 0 spiro atoms. The second-order valence-electron chi connectivity index (χ2n) is 5.05. The zero-order chi connectivity index (χ0) is 16.9. The van der Waals surface area contributed by atoms with Gasteiger partial charge < -0.3 is 9.32 Å². The van der Waals surface area contributed by atoms with Crippen LogP contribution in [-0.4, -0.2) is 33.8 Å². The lowest BCUT2D eigenvalue weighted by Crippen LogP contribution is -2.27. The molecule has 5 nitrogen and oxygen atoms in total. The number of hydrogen-bond acceptors (Lipinski definition) is 6. The largest absolute Gasteiger partial charge is 0.411 e. The molecule has 0 unspecified atom stereocenters. The van der Waals surface area contributed by atoms with Gasteiger partial charge in [-0.3, -0.25) is 4.79 Å². The van der Waals surface area contributed by atoms with E-state index in [1.54, 1.807) is 35.4 Å². The van der Waals surface area contributed by atoms with Crippen molar-refractivity contribution in [1.82, 2.24) is 15.1 Å². The summed E-state index contributed by atoms with van der Waals surface area (Å²) in [6, 6.07) is 9.15. The average molecular weight is 380 g/mol. The normalized spacial score (nSPS) is 10.8. The first-order valence-corrected chi connectivity index (χ1v) is 9.40. The SMILES string of the molecule is CN(Cc1ccsc1)C(=O)CSc1nnc(-c2ccc(Cl)cc2)o1. The van der Waals surface area contributed by atoms with Crippen molar-refractivity contribution >= 4 is 40.6 Å². The summed E-state index contributed by atoms with van der Waals surface area (Å²) in [6.07, 6.45) is 0. The topological polar surface area (TPSA) is 59.2 Å². The minimum atomic E-state index is 0.0115. The third kappa shape index (κ3) is 4.37. The fraction of sp³-hybridized carbons (Fsp3) is 0.188. The van der Waals surface area contributed by atoms with Gasteiger partial charge in [0.2, 0.25) is 11.8 Å². The Balaban J connectivity index is 1.55. The van der Waals surface area contributed by atoms with E-state index in [0.29, 0.717) is 22.7 Å². The predicted octanol–water partition coefficient (Wildman–Crippen LogP) is 4.20. The molecule has 0 atom stereocenters. The monoisotopic (exact) mass is 379 g/mol. The Morgan fingerprint density at radius 3 is 2.79 bits per heavy atom. The zero-order valence-corrected chi connectivity index (χ0v) is 15.2. The highest BCUT2D eigenvalue weighted by Gasteiger charge is 2.14. The van der Waals surface area contributed by atoms with Gasteiger partial charge in [0.25, 0.3) is 5.22 Å². The van der Waals surface area contributed by atoms with Gasteiger partial charge >= 0.3 is 0 Å². The second-order valence-corrected chi connectivity index (χ2v) is 7.19. The van der Waals surface area contributed by atoms with Crippen LogP contribution < -0.4 is 0 Å². The average Bonchev–Trinajstić information content (AvgIpc) is 3.25. The fourth-order valence-corrected chi connectivity index (χ4v) is 3.45. The molecular weight excluding hydrogens is 366 g/mol. The van der Waals surface area contributed by atoms with Crippen molar-refractivity contribution < 1.29 is 9.21 Å². The van der Waals surface area contributed by atoms with Gasteiger partial charge in [0.15, 0.2) is 0 Å². The van der Waals surface area contributed by atoms with Crippen molar-refractivity contribution in [2.24, 2.45) is 0 Å². The Morgan fingerprint density at radius 2 is 2.08 bits per heavy atom.